The molecular formula is C22H17ClFN3OS. The van der Waals surface area contributed by atoms with Crippen LogP contribution in [-0.2, 0) is 0 Å². The number of hydrogen-bond donors (Lipinski definition) is 0. The number of carbonyl (C=O) groups is 1. The Kier molecular flexibility index (Phi) is 4.60. The van der Waals surface area contributed by atoms with Crippen molar-refractivity contribution in [2.24, 2.45) is 0 Å². The Hall–Kier alpha value is -2.70. The van der Waals surface area contributed by atoms with Crippen molar-refractivity contribution >= 4 is 55.5 Å². The summed E-state index contributed by atoms with van der Waals surface area (Å²) in [5.41, 5.74) is 1.81. The summed E-state index contributed by atoms with van der Waals surface area (Å²) in [4.78, 5) is 22.3. The number of nitrogens with zero attached hydrogens (tertiary/aromatic N) is 3. The lowest BCUT2D eigenvalue weighted by atomic mass is 10.2. The van der Waals surface area contributed by atoms with E-state index in [1.54, 1.807) is 12.1 Å². The van der Waals surface area contributed by atoms with Gasteiger partial charge in [-0.1, -0.05) is 29.8 Å². The number of aromatic nitrogens is 1. The summed E-state index contributed by atoms with van der Waals surface area (Å²) in [5.74, 6) is -0.224. The van der Waals surface area contributed by atoms with Crippen molar-refractivity contribution in [2.75, 3.05) is 31.1 Å². The van der Waals surface area contributed by atoms with Gasteiger partial charge in [-0.05, 0) is 36.4 Å². The van der Waals surface area contributed by atoms with Crippen molar-refractivity contribution in [1.29, 1.82) is 0 Å². The van der Waals surface area contributed by atoms with E-state index in [2.05, 4.69) is 9.88 Å². The molecule has 7 heteroatoms. The van der Waals surface area contributed by atoms with Gasteiger partial charge in [-0.3, -0.25) is 4.79 Å². The molecule has 1 aliphatic heterocycles. The molecular weight excluding hydrogens is 409 g/mol. The van der Waals surface area contributed by atoms with Crippen LogP contribution in [0.1, 0.15) is 9.67 Å². The predicted molar refractivity (Wildman–Crippen MR) is 117 cm³/mol. The van der Waals surface area contributed by atoms with Crippen LogP contribution in [0.4, 0.5) is 10.1 Å². The lowest BCUT2D eigenvalue weighted by molar-refractivity contribution is 0.0752. The standard InChI is InChI=1S/C22H17ClFN3OS/c23-21-17-13-19(29-20(17)16-3-1-2-4-18(16)25-21)22(28)27-11-9-26(10-12-27)15-7-5-14(24)6-8-15/h1-8,13H,9-12H2. The molecule has 3 heterocycles. The largest absolute Gasteiger partial charge is 0.368 e. The van der Waals surface area contributed by atoms with Crippen LogP contribution in [0.2, 0.25) is 5.15 Å². The van der Waals surface area contributed by atoms with Crippen molar-refractivity contribution in [3.63, 3.8) is 0 Å². The zero-order valence-corrected chi connectivity index (χ0v) is 17.0. The maximum absolute atomic E-state index is 13.1. The van der Waals surface area contributed by atoms with E-state index in [4.69, 9.17) is 11.6 Å². The van der Waals surface area contributed by atoms with Gasteiger partial charge < -0.3 is 9.80 Å². The van der Waals surface area contributed by atoms with E-state index < -0.39 is 0 Å². The Morgan fingerprint density at radius 2 is 1.72 bits per heavy atom. The summed E-state index contributed by atoms with van der Waals surface area (Å²) in [6.45, 7) is 2.68. The minimum atomic E-state index is -0.243. The van der Waals surface area contributed by atoms with Crippen LogP contribution in [0.3, 0.4) is 0 Å². The van der Waals surface area contributed by atoms with Gasteiger partial charge in [-0.25, -0.2) is 9.37 Å². The normalized spacial score (nSPS) is 14.7. The first kappa shape index (κ1) is 18.3. The maximum atomic E-state index is 13.1. The summed E-state index contributed by atoms with van der Waals surface area (Å²) in [6, 6.07) is 16.2. The summed E-state index contributed by atoms with van der Waals surface area (Å²) < 4.78 is 14.1. The molecule has 5 rings (SSSR count). The molecule has 1 amide bonds. The van der Waals surface area contributed by atoms with Crippen LogP contribution < -0.4 is 4.90 Å². The quantitative estimate of drug-likeness (QED) is 0.414. The average Bonchev–Trinajstić information content (AvgIpc) is 3.21. The average molecular weight is 426 g/mol. The fourth-order valence-electron chi connectivity index (χ4n) is 3.75. The van der Waals surface area contributed by atoms with Gasteiger partial charge >= 0.3 is 0 Å². The fourth-order valence-corrected chi connectivity index (χ4v) is 5.21. The molecule has 0 aliphatic carbocycles. The third kappa shape index (κ3) is 3.32. The van der Waals surface area contributed by atoms with Crippen molar-refractivity contribution < 1.29 is 9.18 Å². The minimum absolute atomic E-state index is 0.0186. The molecule has 0 saturated carbocycles. The third-order valence-corrected chi connectivity index (χ3v) is 6.74. The van der Waals surface area contributed by atoms with Gasteiger partial charge in [0.15, 0.2) is 0 Å². The Morgan fingerprint density at radius 3 is 2.48 bits per heavy atom. The van der Waals surface area contributed by atoms with Gasteiger partial charge in [-0.2, -0.15) is 0 Å². The van der Waals surface area contributed by atoms with Gasteiger partial charge in [0.05, 0.1) is 10.4 Å². The van der Waals surface area contributed by atoms with Crippen LogP contribution >= 0.6 is 22.9 Å². The van der Waals surface area contributed by atoms with E-state index in [1.807, 2.05) is 35.2 Å². The number of para-hydroxylation sites is 1. The highest BCUT2D eigenvalue weighted by Crippen LogP contribution is 2.36. The molecule has 4 aromatic rings. The zero-order chi connectivity index (χ0) is 20.0. The van der Waals surface area contributed by atoms with E-state index in [1.165, 1.54) is 23.5 Å². The Bertz CT molecular complexity index is 1220. The zero-order valence-electron chi connectivity index (χ0n) is 15.4. The van der Waals surface area contributed by atoms with E-state index in [0.29, 0.717) is 36.2 Å². The van der Waals surface area contributed by atoms with E-state index in [0.717, 1.165) is 26.7 Å². The second-order valence-corrected chi connectivity index (χ2v) is 8.44. The van der Waals surface area contributed by atoms with E-state index >= 15 is 0 Å². The number of halogens is 2. The van der Waals surface area contributed by atoms with Crippen molar-refractivity contribution in [1.82, 2.24) is 9.88 Å². The summed E-state index contributed by atoms with van der Waals surface area (Å²) in [6.07, 6.45) is 0. The maximum Gasteiger partial charge on any atom is 0.264 e. The number of piperazine rings is 1. The van der Waals surface area contributed by atoms with Gasteiger partial charge in [-0.15, -0.1) is 11.3 Å². The molecule has 1 aliphatic rings. The Labute approximate surface area is 176 Å². The first-order chi connectivity index (χ1) is 14.1. The molecule has 146 valence electrons. The number of fused-ring (bicyclic) bond motifs is 3. The molecule has 0 spiro atoms. The molecule has 0 N–H and O–H groups in total. The summed E-state index contributed by atoms with van der Waals surface area (Å²) in [7, 11) is 0. The molecule has 29 heavy (non-hydrogen) atoms. The lowest BCUT2D eigenvalue weighted by Gasteiger charge is -2.36. The molecule has 0 bridgehead atoms. The molecule has 1 saturated heterocycles. The molecule has 2 aromatic heterocycles. The highest BCUT2D eigenvalue weighted by Gasteiger charge is 2.24. The van der Waals surface area contributed by atoms with Gasteiger partial charge in [0.2, 0.25) is 0 Å². The van der Waals surface area contributed by atoms with Crippen LogP contribution in [0.25, 0.3) is 21.0 Å². The van der Waals surface area contributed by atoms with E-state index in [9.17, 15) is 9.18 Å². The summed E-state index contributed by atoms with van der Waals surface area (Å²) in [5, 5.41) is 2.26. The first-order valence-electron chi connectivity index (χ1n) is 9.38. The van der Waals surface area contributed by atoms with Gasteiger partial charge in [0.25, 0.3) is 5.91 Å². The Balaban J connectivity index is 1.38. The predicted octanol–water partition coefficient (Wildman–Crippen LogP) is 5.20. The van der Waals surface area contributed by atoms with Crippen molar-refractivity contribution in [2.45, 2.75) is 0 Å². The number of hydrogen-bond acceptors (Lipinski definition) is 4. The molecule has 2 aromatic carbocycles. The third-order valence-electron chi connectivity index (χ3n) is 5.29. The number of pyridine rings is 1. The number of carbonyl (C=O) groups excluding carboxylic acids is 1. The second-order valence-electron chi connectivity index (χ2n) is 7.03. The second kappa shape index (κ2) is 7.28. The number of thiophene rings is 1. The summed E-state index contributed by atoms with van der Waals surface area (Å²) >= 11 is 7.85. The van der Waals surface area contributed by atoms with Crippen LogP contribution in [0.15, 0.2) is 54.6 Å². The fraction of sp³-hybridized carbons (Fsp3) is 0.182. The van der Waals surface area contributed by atoms with Gasteiger partial charge in [0, 0.05) is 47.3 Å². The first-order valence-corrected chi connectivity index (χ1v) is 10.6. The highest BCUT2D eigenvalue weighted by molar-refractivity contribution is 7.21. The van der Waals surface area contributed by atoms with Gasteiger partial charge in [0.1, 0.15) is 11.0 Å². The number of benzene rings is 2. The lowest BCUT2D eigenvalue weighted by Crippen LogP contribution is -2.48. The number of anilines is 1. The minimum Gasteiger partial charge on any atom is -0.368 e. The van der Waals surface area contributed by atoms with Crippen molar-refractivity contribution in [3.8, 4) is 0 Å². The van der Waals surface area contributed by atoms with E-state index in [-0.39, 0.29) is 11.7 Å². The topological polar surface area (TPSA) is 36.4 Å². The molecule has 1 fully saturated rings. The monoisotopic (exact) mass is 425 g/mol. The van der Waals surface area contributed by atoms with Crippen LogP contribution in [0, 0.1) is 5.82 Å². The van der Waals surface area contributed by atoms with Crippen LogP contribution in [0.5, 0.6) is 0 Å². The number of amides is 1. The highest BCUT2D eigenvalue weighted by atomic mass is 35.5. The number of rotatable bonds is 2. The van der Waals surface area contributed by atoms with Crippen molar-refractivity contribution in [3.05, 3.63) is 70.4 Å². The molecule has 0 radical (unpaired) electrons. The molecule has 4 nitrogen and oxygen atoms in total. The molecule has 0 atom stereocenters. The van der Waals surface area contributed by atoms with Crippen LogP contribution in [-0.4, -0.2) is 42.0 Å². The molecule has 0 unspecified atom stereocenters. The smallest absolute Gasteiger partial charge is 0.264 e. The Morgan fingerprint density at radius 1 is 1.00 bits per heavy atom. The SMILES string of the molecule is O=C(c1cc2c(Cl)nc3ccccc3c2s1)N1CCN(c2ccc(F)cc2)CC1.